The molecule has 2 aromatic heterocycles. The largest absolute Gasteiger partial charge is 0.493 e. The van der Waals surface area contributed by atoms with Gasteiger partial charge in [0.15, 0.2) is 11.5 Å². The molecule has 39 heavy (non-hydrogen) atoms. The molecule has 0 atom stereocenters. The Bertz CT molecular complexity index is 1580. The second-order valence-electron chi connectivity index (χ2n) is 11.4. The Hall–Kier alpha value is -3.52. The van der Waals surface area contributed by atoms with E-state index in [9.17, 15) is 8.42 Å². The Labute approximate surface area is 231 Å². The monoisotopic (exact) mass is 547 g/mol. The van der Waals surface area contributed by atoms with E-state index in [1.165, 1.54) is 26.4 Å². The highest BCUT2D eigenvalue weighted by atomic mass is 32.2. The zero-order chi connectivity index (χ0) is 27.8. The molecular weight excluding hydrogens is 510 g/mol. The third-order valence-electron chi connectivity index (χ3n) is 7.37. The van der Waals surface area contributed by atoms with Crippen LogP contribution >= 0.6 is 0 Å². The van der Waals surface area contributed by atoms with E-state index in [0.29, 0.717) is 11.8 Å². The van der Waals surface area contributed by atoms with Crippen LogP contribution in [0.25, 0.3) is 16.9 Å². The van der Waals surface area contributed by atoms with Crippen molar-refractivity contribution < 1.29 is 17.3 Å². The fourth-order valence-corrected chi connectivity index (χ4v) is 6.04. The number of fused-ring (bicyclic) bond motifs is 1. The molecule has 0 amide bonds. The van der Waals surface area contributed by atoms with E-state index in [4.69, 9.17) is 13.9 Å². The standard InChI is InChI=1S/C31H37N3O4S/c1-21-17-18-34-28(19-21)33-29(30(34)32-24-9-7-6-8-10-24)22-11-16-26(27(20-22)37-5)38-39(35,36)25-14-12-23(13-15-25)31(2,3)4/h11-20,24,32H,6-10H2,1-5H3. The van der Waals surface area contributed by atoms with Gasteiger partial charge in [0.2, 0.25) is 0 Å². The number of nitrogens with one attached hydrogen (secondary N) is 1. The van der Waals surface area contributed by atoms with Gasteiger partial charge >= 0.3 is 10.1 Å². The van der Waals surface area contributed by atoms with Gasteiger partial charge in [0.25, 0.3) is 0 Å². The van der Waals surface area contributed by atoms with Crippen LogP contribution in [0, 0.1) is 6.92 Å². The van der Waals surface area contributed by atoms with Crippen LogP contribution in [-0.2, 0) is 15.5 Å². The molecule has 0 unspecified atom stereocenters. The molecule has 1 aliphatic carbocycles. The lowest BCUT2D eigenvalue weighted by molar-refractivity contribution is 0.390. The highest BCUT2D eigenvalue weighted by molar-refractivity contribution is 7.87. The van der Waals surface area contributed by atoms with Crippen LogP contribution in [0.2, 0.25) is 0 Å². The number of ether oxygens (including phenoxy) is 1. The lowest BCUT2D eigenvalue weighted by Gasteiger charge is -2.24. The smallest absolute Gasteiger partial charge is 0.339 e. The van der Waals surface area contributed by atoms with Crippen molar-refractivity contribution in [2.75, 3.05) is 12.4 Å². The third kappa shape index (κ3) is 5.76. The molecule has 7 nitrogen and oxygen atoms in total. The van der Waals surface area contributed by atoms with Crippen molar-refractivity contribution in [1.82, 2.24) is 9.38 Å². The Morgan fingerprint density at radius 3 is 2.33 bits per heavy atom. The van der Waals surface area contributed by atoms with Crippen molar-refractivity contribution in [2.45, 2.75) is 76.2 Å². The van der Waals surface area contributed by atoms with Gasteiger partial charge in [0.1, 0.15) is 22.1 Å². The van der Waals surface area contributed by atoms with Crippen molar-refractivity contribution in [3.63, 3.8) is 0 Å². The summed E-state index contributed by atoms with van der Waals surface area (Å²) in [5.41, 5.74) is 4.55. The summed E-state index contributed by atoms with van der Waals surface area (Å²) in [6, 6.07) is 16.6. The van der Waals surface area contributed by atoms with Crippen LogP contribution in [-0.4, -0.2) is 31.0 Å². The topological polar surface area (TPSA) is 81.9 Å². The van der Waals surface area contributed by atoms with Gasteiger partial charge in [-0.15, -0.1) is 0 Å². The molecule has 1 N–H and O–H groups in total. The maximum absolute atomic E-state index is 13.1. The van der Waals surface area contributed by atoms with Crippen LogP contribution in [0.1, 0.15) is 64.0 Å². The highest BCUT2D eigenvalue weighted by Crippen LogP contribution is 2.38. The van der Waals surface area contributed by atoms with E-state index in [2.05, 4.69) is 49.5 Å². The maximum atomic E-state index is 13.1. The molecule has 8 heteroatoms. The Balaban J connectivity index is 1.48. The minimum atomic E-state index is -4.05. The second kappa shape index (κ2) is 10.6. The predicted molar refractivity (Wildman–Crippen MR) is 155 cm³/mol. The average molecular weight is 548 g/mol. The molecule has 0 radical (unpaired) electrons. The van der Waals surface area contributed by atoms with Crippen LogP contribution < -0.4 is 14.2 Å². The van der Waals surface area contributed by atoms with E-state index in [0.717, 1.165) is 46.7 Å². The Morgan fingerprint density at radius 1 is 0.949 bits per heavy atom. The molecule has 1 aliphatic rings. The predicted octanol–water partition coefficient (Wildman–Crippen LogP) is 7.13. The molecule has 0 spiro atoms. The number of nitrogens with zero attached hydrogens (tertiary/aromatic N) is 2. The van der Waals surface area contributed by atoms with Gasteiger partial charge in [0.05, 0.1) is 7.11 Å². The van der Waals surface area contributed by atoms with Crippen molar-refractivity contribution in [1.29, 1.82) is 0 Å². The van der Waals surface area contributed by atoms with Gasteiger partial charge in [-0.3, -0.25) is 4.40 Å². The van der Waals surface area contributed by atoms with Gasteiger partial charge in [-0.2, -0.15) is 8.42 Å². The minimum Gasteiger partial charge on any atom is -0.493 e. The zero-order valence-corrected chi connectivity index (χ0v) is 24.1. The van der Waals surface area contributed by atoms with E-state index >= 15 is 0 Å². The molecule has 206 valence electrons. The molecule has 0 saturated heterocycles. The van der Waals surface area contributed by atoms with Gasteiger partial charge in [-0.1, -0.05) is 52.2 Å². The first-order valence-electron chi connectivity index (χ1n) is 13.5. The van der Waals surface area contributed by atoms with Gasteiger partial charge in [-0.05, 0) is 78.8 Å². The number of benzene rings is 2. The molecule has 4 aromatic rings. The number of imidazole rings is 1. The van der Waals surface area contributed by atoms with Crippen LogP contribution in [0.15, 0.2) is 65.7 Å². The molecule has 2 aromatic carbocycles. The zero-order valence-electron chi connectivity index (χ0n) is 23.3. The minimum absolute atomic E-state index is 0.0798. The number of rotatable bonds is 7. The lowest BCUT2D eigenvalue weighted by atomic mass is 9.87. The number of aryl methyl sites for hydroxylation is 1. The van der Waals surface area contributed by atoms with Crippen molar-refractivity contribution in [3.8, 4) is 22.8 Å². The number of aromatic nitrogens is 2. The van der Waals surface area contributed by atoms with Crippen LogP contribution in [0.4, 0.5) is 5.82 Å². The van der Waals surface area contributed by atoms with Gasteiger partial charge < -0.3 is 14.2 Å². The van der Waals surface area contributed by atoms with E-state index in [1.54, 1.807) is 24.3 Å². The SMILES string of the molecule is COc1cc(-c2nc3cc(C)ccn3c2NC2CCCCC2)ccc1OS(=O)(=O)c1ccc(C(C)(C)C)cc1. The molecule has 0 bridgehead atoms. The molecule has 1 fully saturated rings. The van der Waals surface area contributed by atoms with E-state index in [-0.39, 0.29) is 16.1 Å². The highest BCUT2D eigenvalue weighted by Gasteiger charge is 2.24. The second-order valence-corrected chi connectivity index (χ2v) is 12.9. The molecule has 2 heterocycles. The first kappa shape index (κ1) is 27.1. The maximum Gasteiger partial charge on any atom is 0.339 e. The molecular formula is C31H37N3O4S. The number of hydrogen-bond donors (Lipinski definition) is 1. The lowest BCUT2D eigenvalue weighted by Crippen LogP contribution is -2.23. The fraction of sp³-hybridized carbons (Fsp3) is 0.387. The average Bonchev–Trinajstić information content (AvgIpc) is 3.26. The summed E-state index contributed by atoms with van der Waals surface area (Å²) in [5.74, 6) is 1.38. The van der Waals surface area contributed by atoms with Crippen molar-refractivity contribution >= 4 is 21.6 Å². The first-order valence-corrected chi connectivity index (χ1v) is 14.9. The summed E-state index contributed by atoms with van der Waals surface area (Å²) in [5, 5.41) is 3.75. The third-order valence-corrected chi connectivity index (χ3v) is 8.62. The summed E-state index contributed by atoms with van der Waals surface area (Å²) in [7, 11) is -2.55. The number of anilines is 1. The number of hydrogen-bond acceptors (Lipinski definition) is 6. The summed E-state index contributed by atoms with van der Waals surface area (Å²) >= 11 is 0. The summed E-state index contributed by atoms with van der Waals surface area (Å²) in [6.45, 7) is 8.30. The van der Waals surface area contributed by atoms with Gasteiger partial charge in [-0.25, -0.2) is 4.98 Å². The molecule has 0 aliphatic heterocycles. The summed E-state index contributed by atoms with van der Waals surface area (Å²) in [4.78, 5) is 5.04. The van der Waals surface area contributed by atoms with E-state index < -0.39 is 10.1 Å². The Morgan fingerprint density at radius 2 is 1.67 bits per heavy atom. The molecule has 5 rings (SSSR count). The number of methoxy groups -OCH3 is 1. The van der Waals surface area contributed by atoms with Gasteiger partial charge in [0, 0.05) is 17.8 Å². The number of pyridine rings is 1. The normalized spacial score (nSPS) is 14.9. The van der Waals surface area contributed by atoms with Crippen LogP contribution in [0.3, 0.4) is 0 Å². The summed E-state index contributed by atoms with van der Waals surface area (Å²) in [6.07, 6.45) is 8.01. The van der Waals surface area contributed by atoms with Crippen molar-refractivity contribution in [2.24, 2.45) is 0 Å². The summed E-state index contributed by atoms with van der Waals surface area (Å²) < 4.78 is 39.4. The van der Waals surface area contributed by atoms with Crippen molar-refractivity contribution in [3.05, 3.63) is 71.9 Å². The Kier molecular flexibility index (Phi) is 7.33. The van der Waals surface area contributed by atoms with E-state index in [1.807, 2.05) is 24.4 Å². The van der Waals surface area contributed by atoms with Crippen LogP contribution in [0.5, 0.6) is 11.5 Å². The first-order chi connectivity index (χ1) is 18.5. The quantitative estimate of drug-likeness (QED) is 0.248. The molecule has 1 saturated carbocycles. The fourth-order valence-electron chi connectivity index (χ4n) is 5.10.